The molecule has 3 atom stereocenters. The van der Waals surface area contributed by atoms with Crippen molar-refractivity contribution in [1.29, 1.82) is 0 Å². The predicted molar refractivity (Wildman–Crippen MR) is 91.5 cm³/mol. The molecule has 1 heterocycles. The van der Waals surface area contributed by atoms with Gasteiger partial charge in [0, 0.05) is 12.4 Å². The smallest absolute Gasteiger partial charge is 0.315 e. The highest BCUT2D eigenvalue weighted by Gasteiger charge is 2.28. The summed E-state index contributed by atoms with van der Waals surface area (Å²) in [5.41, 5.74) is 0.891. The number of carbonyl (C=O) groups is 1. The summed E-state index contributed by atoms with van der Waals surface area (Å²) in [5, 5.41) is 19.8. The lowest BCUT2D eigenvalue weighted by Crippen LogP contribution is -2.48. The quantitative estimate of drug-likeness (QED) is 0.788. The monoisotopic (exact) mass is 328 g/mol. The highest BCUT2D eigenvalue weighted by molar-refractivity contribution is 5.74. The molecule has 6 heteroatoms. The second kappa shape index (κ2) is 7.97. The average Bonchev–Trinajstić information content (AvgIpc) is 3.15. The van der Waals surface area contributed by atoms with Crippen LogP contribution in [0.1, 0.15) is 43.3 Å². The predicted octanol–water partition coefficient (Wildman–Crippen LogP) is 2.40. The Kier molecular flexibility index (Phi) is 5.48. The fourth-order valence-corrected chi connectivity index (χ4v) is 3.36. The van der Waals surface area contributed by atoms with Gasteiger partial charge in [0.25, 0.3) is 0 Å². The molecule has 3 rings (SSSR count). The van der Waals surface area contributed by atoms with Crippen LogP contribution < -0.4 is 10.6 Å². The van der Waals surface area contributed by atoms with Crippen molar-refractivity contribution in [2.75, 3.05) is 6.61 Å². The summed E-state index contributed by atoms with van der Waals surface area (Å²) in [5.74, 6) is 0. The van der Waals surface area contributed by atoms with Crippen LogP contribution in [-0.4, -0.2) is 33.6 Å². The molecule has 1 aromatic carbocycles. The van der Waals surface area contributed by atoms with Crippen molar-refractivity contribution >= 4 is 6.03 Å². The first-order valence-corrected chi connectivity index (χ1v) is 8.50. The molecule has 3 N–H and O–H groups in total. The van der Waals surface area contributed by atoms with Crippen molar-refractivity contribution in [1.82, 2.24) is 20.4 Å². The van der Waals surface area contributed by atoms with Gasteiger partial charge in [-0.25, -0.2) is 4.79 Å². The van der Waals surface area contributed by atoms with Gasteiger partial charge in [0.15, 0.2) is 0 Å². The van der Waals surface area contributed by atoms with Gasteiger partial charge in [-0.2, -0.15) is 5.10 Å². The third-order valence-corrected chi connectivity index (χ3v) is 4.60. The molecule has 0 radical (unpaired) electrons. The maximum atomic E-state index is 12.4. The summed E-state index contributed by atoms with van der Waals surface area (Å²) in [6, 6.07) is 11.0. The first kappa shape index (κ1) is 16.5. The summed E-state index contributed by atoms with van der Waals surface area (Å²) >= 11 is 0. The van der Waals surface area contributed by atoms with E-state index in [1.165, 1.54) is 0 Å². The van der Waals surface area contributed by atoms with Gasteiger partial charge in [-0.05, 0) is 24.5 Å². The Balaban J connectivity index is 1.62. The Morgan fingerprint density at radius 3 is 2.75 bits per heavy atom. The van der Waals surface area contributed by atoms with Gasteiger partial charge in [0.05, 0.1) is 24.7 Å². The largest absolute Gasteiger partial charge is 0.394 e. The molecule has 0 saturated heterocycles. The van der Waals surface area contributed by atoms with Crippen molar-refractivity contribution in [3.8, 4) is 0 Å². The fourth-order valence-electron chi connectivity index (χ4n) is 3.36. The van der Waals surface area contributed by atoms with E-state index in [-0.39, 0.29) is 24.7 Å². The molecule has 1 saturated carbocycles. The minimum atomic E-state index is -0.405. The van der Waals surface area contributed by atoms with E-state index in [0.717, 1.165) is 31.2 Å². The molecule has 0 spiro atoms. The number of aliphatic hydroxyl groups is 1. The van der Waals surface area contributed by atoms with E-state index >= 15 is 0 Å². The molecule has 2 amide bonds. The third kappa shape index (κ3) is 3.94. The molecule has 6 nitrogen and oxygen atoms in total. The number of aromatic nitrogens is 2. The molecule has 24 heavy (non-hydrogen) atoms. The Morgan fingerprint density at radius 1 is 1.25 bits per heavy atom. The van der Waals surface area contributed by atoms with Crippen LogP contribution in [0.15, 0.2) is 48.8 Å². The molecule has 1 fully saturated rings. The third-order valence-electron chi connectivity index (χ3n) is 4.60. The number of hydrogen-bond donors (Lipinski definition) is 3. The SMILES string of the molecule is O=C(N[C@H]1CCCC[C@H]1n1cccn1)N[C@H](CO)c1ccccc1. The van der Waals surface area contributed by atoms with Crippen molar-refractivity contribution in [3.05, 3.63) is 54.4 Å². The van der Waals surface area contributed by atoms with Crippen LogP contribution in [0.5, 0.6) is 0 Å². The van der Waals surface area contributed by atoms with Crippen LogP contribution in [0.2, 0.25) is 0 Å². The highest BCUT2D eigenvalue weighted by Crippen LogP contribution is 2.28. The van der Waals surface area contributed by atoms with Crippen molar-refractivity contribution in [2.45, 2.75) is 43.8 Å². The lowest BCUT2D eigenvalue weighted by atomic mass is 9.90. The fraction of sp³-hybridized carbons (Fsp3) is 0.444. The number of aliphatic hydroxyl groups excluding tert-OH is 1. The Hall–Kier alpha value is -2.34. The van der Waals surface area contributed by atoms with Gasteiger partial charge in [-0.15, -0.1) is 0 Å². The summed E-state index contributed by atoms with van der Waals surface area (Å²) in [6.45, 7) is -0.134. The van der Waals surface area contributed by atoms with Crippen molar-refractivity contribution in [2.24, 2.45) is 0 Å². The number of benzene rings is 1. The van der Waals surface area contributed by atoms with Crippen LogP contribution in [0.25, 0.3) is 0 Å². The summed E-state index contributed by atoms with van der Waals surface area (Å²) in [7, 11) is 0. The van der Waals surface area contributed by atoms with Gasteiger partial charge in [-0.1, -0.05) is 43.2 Å². The zero-order chi connectivity index (χ0) is 16.8. The minimum Gasteiger partial charge on any atom is -0.394 e. The topological polar surface area (TPSA) is 79.2 Å². The molecule has 1 aromatic heterocycles. The molecular weight excluding hydrogens is 304 g/mol. The number of nitrogens with one attached hydrogen (secondary N) is 2. The van der Waals surface area contributed by atoms with Gasteiger partial charge < -0.3 is 15.7 Å². The van der Waals surface area contributed by atoms with E-state index in [1.807, 2.05) is 47.3 Å². The highest BCUT2D eigenvalue weighted by atomic mass is 16.3. The molecule has 0 aliphatic heterocycles. The lowest BCUT2D eigenvalue weighted by molar-refractivity contribution is 0.199. The van der Waals surface area contributed by atoms with E-state index in [4.69, 9.17) is 0 Å². The van der Waals surface area contributed by atoms with E-state index in [1.54, 1.807) is 6.20 Å². The van der Waals surface area contributed by atoms with Crippen LogP contribution in [0.4, 0.5) is 4.79 Å². The molecule has 128 valence electrons. The molecular formula is C18H24N4O2. The van der Waals surface area contributed by atoms with E-state index < -0.39 is 6.04 Å². The number of nitrogens with zero attached hydrogens (tertiary/aromatic N) is 2. The molecule has 1 aliphatic rings. The van der Waals surface area contributed by atoms with Gasteiger partial charge in [0.1, 0.15) is 0 Å². The van der Waals surface area contributed by atoms with Crippen molar-refractivity contribution < 1.29 is 9.90 Å². The zero-order valence-electron chi connectivity index (χ0n) is 13.6. The van der Waals surface area contributed by atoms with E-state index in [0.29, 0.717) is 0 Å². The number of amides is 2. The van der Waals surface area contributed by atoms with Crippen LogP contribution >= 0.6 is 0 Å². The standard InChI is InChI=1S/C18H24N4O2/c23-13-16(14-7-2-1-3-8-14)21-18(24)20-15-9-4-5-10-17(15)22-12-6-11-19-22/h1-3,6-8,11-12,15-17,23H,4-5,9-10,13H2,(H2,20,21,24)/t15-,16+,17+/m0/s1. The van der Waals surface area contributed by atoms with Crippen molar-refractivity contribution in [3.63, 3.8) is 0 Å². The Morgan fingerprint density at radius 2 is 2.04 bits per heavy atom. The average molecular weight is 328 g/mol. The summed E-state index contributed by atoms with van der Waals surface area (Å²) in [6.07, 6.45) is 7.91. The van der Waals surface area contributed by atoms with Crippen LogP contribution in [0.3, 0.4) is 0 Å². The normalized spacial score (nSPS) is 21.9. The molecule has 2 aromatic rings. The van der Waals surface area contributed by atoms with Crippen LogP contribution in [-0.2, 0) is 0 Å². The zero-order valence-corrected chi connectivity index (χ0v) is 13.6. The minimum absolute atomic E-state index is 0.0498. The Bertz CT molecular complexity index is 630. The maximum absolute atomic E-state index is 12.4. The first-order chi connectivity index (χ1) is 11.8. The maximum Gasteiger partial charge on any atom is 0.315 e. The molecule has 0 bridgehead atoms. The first-order valence-electron chi connectivity index (χ1n) is 8.50. The van der Waals surface area contributed by atoms with Gasteiger partial charge in [-0.3, -0.25) is 4.68 Å². The Labute approximate surface area is 141 Å². The van der Waals surface area contributed by atoms with E-state index in [2.05, 4.69) is 15.7 Å². The molecule has 1 aliphatic carbocycles. The number of rotatable bonds is 5. The summed E-state index contributed by atoms with van der Waals surface area (Å²) < 4.78 is 1.94. The van der Waals surface area contributed by atoms with E-state index in [9.17, 15) is 9.90 Å². The molecule has 0 unspecified atom stereocenters. The van der Waals surface area contributed by atoms with Gasteiger partial charge in [0.2, 0.25) is 0 Å². The number of hydrogen-bond acceptors (Lipinski definition) is 3. The second-order valence-electron chi connectivity index (χ2n) is 6.21. The van der Waals surface area contributed by atoms with Gasteiger partial charge >= 0.3 is 6.03 Å². The van der Waals surface area contributed by atoms with Crippen LogP contribution in [0, 0.1) is 0 Å². The second-order valence-corrected chi connectivity index (χ2v) is 6.21. The number of carbonyl (C=O) groups excluding carboxylic acids is 1. The summed E-state index contributed by atoms with van der Waals surface area (Å²) in [4.78, 5) is 12.4. The number of urea groups is 1. The lowest BCUT2D eigenvalue weighted by Gasteiger charge is -2.32.